The molecule has 2 atom stereocenters. The number of fused-ring (bicyclic) bond motifs is 7. The lowest BCUT2D eigenvalue weighted by Gasteiger charge is -2.37. The largest absolute Gasteiger partial charge is 0.507 e. The van der Waals surface area contributed by atoms with Crippen LogP contribution in [0.1, 0.15) is 93.9 Å². The molecule has 1 aromatic carbocycles. The van der Waals surface area contributed by atoms with Crippen LogP contribution in [-0.4, -0.2) is 10.7 Å². The zero-order chi connectivity index (χ0) is 16.4. The third-order valence-electron chi connectivity index (χ3n) is 6.29. The van der Waals surface area contributed by atoms with Gasteiger partial charge in [-0.05, 0) is 76.5 Å². The third kappa shape index (κ3) is 2.37. The van der Waals surface area contributed by atoms with Gasteiger partial charge in [0.1, 0.15) is 17.1 Å². The van der Waals surface area contributed by atoms with Crippen LogP contribution in [0.3, 0.4) is 0 Å². The summed E-state index contributed by atoms with van der Waals surface area (Å²) in [6.07, 6.45) is 7.97. The van der Waals surface area contributed by atoms with E-state index in [9.17, 15) is 5.11 Å². The number of rotatable bonds is 3. The van der Waals surface area contributed by atoms with Crippen LogP contribution in [0.2, 0.25) is 0 Å². The molecule has 2 aliphatic carbocycles. The minimum Gasteiger partial charge on any atom is -0.507 e. The molecular formula is C21H30O2. The van der Waals surface area contributed by atoms with Gasteiger partial charge in [-0.15, -0.1) is 0 Å². The van der Waals surface area contributed by atoms with Gasteiger partial charge in [-0.3, -0.25) is 0 Å². The van der Waals surface area contributed by atoms with Gasteiger partial charge in [-0.2, -0.15) is 0 Å². The second-order valence-electron chi connectivity index (χ2n) is 8.96. The summed E-state index contributed by atoms with van der Waals surface area (Å²) in [4.78, 5) is 0. The van der Waals surface area contributed by atoms with Crippen LogP contribution in [-0.2, 0) is 12.8 Å². The van der Waals surface area contributed by atoms with Crippen LogP contribution < -0.4 is 4.74 Å². The van der Waals surface area contributed by atoms with Gasteiger partial charge in [0.15, 0.2) is 0 Å². The van der Waals surface area contributed by atoms with E-state index in [0.717, 1.165) is 25.7 Å². The summed E-state index contributed by atoms with van der Waals surface area (Å²) in [7, 11) is 0. The second kappa shape index (κ2) is 5.16. The molecule has 0 radical (unpaired) electrons. The molecule has 0 saturated heterocycles. The van der Waals surface area contributed by atoms with Crippen molar-refractivity contribution in [3.8, 4) is 11.5 Å². The van der Waals surface area contributed by atoms with Crippen LogP contribution in [0, 0.1) is 5.92 Å². The molecule has 0 amide bonds. The zero-order valence-corrected chi connectivity index (χ0v) is 15.0. The maximum Gasteiger partial charge on any atom is 0.127 e. The Kier molecular flexibility index (Phi) is 3.44. The average Bonchev–Trinajstić information content (AvgIpc) is 3.07. The standard InChI is InChI=1S/C21H30O2/c1-12(2)5-8-15-16-9-10-21(3,4)23-20(16)18-14-7-6-13(11-14)17(18)19(15)22/h12-14,22H,5-11H2,1-4H3. The quantitative estimate of drug-likeness (QED) is 0.804. The van der Waals surface area contributed by atoms with Crippen molar-refractivity contribution >= 4 is 0 Å². The lowest BCUT2D eigenvalue weighted by Crippen LogP contribution is -2.34. The molecule has 1 N–H and O–H groups in total. The molecule has 2 nitrogen and oxygen atoms in total. The predicted molar refractivity (Wildman–Crippen MR) is 93.6 cm³/mol. The molecule has 2 unspecified atom stereocenters. The highest BCUT2D eigenvalue weighted by molar-refractivity contribution is 5.65. The fourth-order valence-corrected chi connectivity index (χ4v) is 5.02. The fraction of sp³-hybridized carbons (Fsp3) is 0.714. The van der Waals surface area contributed by atoms with Gasteiger partial charge in [-0.25, -0.2) is 0 Å². The van der Waals surface area contributed by atoms with Crippen LogP contribution in [0.25, 0.3) is 0 Å². The lowest BCUT2D eigenvalue weighted by atomic mass is 9.81. The number of phenols is 1. The number of aromatic hydroxyl groups is 1. The number of hydrogen-bond acceptors (Lipinski definition) is 2. The topological polar surface area (TPSA) is 29.5 Å². The molecule has 1 heterocycles. The van der Waals surface area contributed by atoms with Crippen molar-refractivity contribution in [2.45, 2.75) is 90.1 Å². The molecule has 126 valence electrons. The third-order valence-corrected chi connectivity index (χ3v) is 6.29. The van der Waals surface area contributed by atoms with Gasteiger partial charge in [0.25, 0.3) is 0 Å². The Morgan fingerprint density at radius 3 is 2.57 bits per heavy atom. The predicted octanol–water partition coefficient (Wildman–Crippen LogP) is 5.45. The Hall–Kier alpha value is -1.18. The van der Waals surface area contributed by atoms with Crippen molar-refractivity contribution in [2.75, 3.05) is 0 Å². The second-order valence-corrected chi connectivity index (χ2v) is 8.96. The van der Waals surface area contributed by atoms with Crippen LogP contribution in [0.15, 0.2) is 0 Å². The van der Waals surface area contributed by atoms with Crippen molar-refractivity contribution in [1.29, 1.82) is 0 Å². The Morgan fingerprint density at radius 1 is 1.17 bits per heavy atom. The van der Waals surface area contributed by atoms with Crippen molar-refractivity contribution < 1.29 is 9.84 Å². The molecule has 3 aliphatic rings. The Morgan fingerprint density at radius 2 is 1.87 bits per heavy atom. The first-order valence-electron chi connectivity index (χ1n) is 9.47. The average molecular weight is 314 g/mol. The van der Waals surface area contributed by atoms with Gasteiger partial charge in [0, 0.05) is 22.3 Å². The summed E-state index contributed by atoms with van der Waals surface area (Å²) in [5.74, 6) is 3.67. The molecule has 1 aromatic rings. The number of benzene rings is 1. The van der Waals surface area contributed by atoms with E-state index < -0.39 is 0 Å². The van der Waals surface area contributed by atoms with Crippen molar-refractivity contribution in [2.24, 2.45) is 5.92 Å². The molecule has 0 spiro atoms. The van der Waals surface area contributed by atoms with Crippen LogP contribution in [0.4, 0.5) is 0 Å². The number of phenolic OH excluding ortho intramolecular Hbond substituents is 1. The smallest absolute Gasteiger partial charge is 0.127 e. The molecular weight excluding hydrogens is 284 g/mol. The first-order chi connectivity index (χ1) is 10.9. The molecule has 1 fully saturated rings. The fourth-order valence-electron chi connectivity index (χ4n) is 5.02. The minimum atomic E-state index is -0.0745. The van der Waals surface area contributed by atoms with E-state index in [4.69, 9.17) is 4.74 Å². The van der Waals surface area contributed by atoms with E-state index in [1.807, 2.05) is 0 Å². The van der Waals surface area contributed by atoms with E-state index in [1.165, 1.54) is 47.3 Å². The normalized spacial score (nSPS) is 27.0. The zero-order valence-electron chi connectivity index (χ0n) is 15.0. The summed E-state index contributed by atoms with van der Waals surface area (Å²) in [5, 5.41) is 11.1. The van der Waals surface area contributed by atoms with E-state index in [0.29, 0.717) is 23.5 Å². The maximum absolute atomic E-state index is 11.1. The Labute approximate surface area is 140 Å². The van der Waals surface area contributed by atoms with Gasteiger partial charge in [0.05, 0.1) is 0 Å². The molecule has 1 saturated carbocycles. The van der Waals surface area contributed by atoms with E-state index in [2.05, 4.69) is 27.7 Å². The molecule has 0 aromatic heterocycles. The van der Waals surface area contributed by atoms with E-state index in [-0.39, 0.29) is 5.60 Å². The van der Waals surface area contributed by atoms with Gasteiger partial charge in [0.2, 0.25) is 0 Å². The molecule has 2 bridgehead atoms. The number of ether oxygens (including phenoxy) is 1. The maximum atomic E-state index is 11.1. The molecule has 4 rings (SSSR count). The highest BCUT2D eigenvalue weighted by atomic mass is 16.5. The summed E-state index contributed by atoms with van der Waals surface area (Å²) < 4.78 is 6.51. The van der Waals surface area contributed by atoms with Gasteiger partial charge < -0.3 is 9.84 Å². The summed E-state index contributed by atoms with van der Waals surface area (Å²) >= 11 is 0. The monoisotopic (exact) mass is 314 g/mol. The van der Waals surface area contributed by atoms with E-state index in [1.54, 1.807) is 0 Å². The number of hydrogen-bond donors (Lipinski definition) is 1. The van der Waals surface area contributed by atoms with E-state index >= 15 is 0 Å². The van der Waals surface area contributed by atoms with Gasteiger partial charge in [-0.1, -0.05) is 13.8 Å². The summed E-state index contributed by atoms with van der Waals surface area (Å²) in [5.41, 5.74) is 5.10. The molecule has 1 aliphatic heterocycles. The minimum absolute atomic E-state index is 0.0745. The Bertz CT molecular complexity index is 642. The Balaban J connectivity index is 1.87. The SMILES string of the molecule is CC(C)CCc1c(O)c2c(c3c1CCC(C)(C)O3)C1CCC2C1. The van der Waals surface area contributed by atoms with Gasteiger partial charge >= 0.3 is 0 Å². The molecule has 23 heavy (non-hydrogen) atoms. The van der Waals surface area contributed by atoms with Crippen molar-refractivity contribution in [1.82, 2.24) is 0 Å². The molecule has 2 heteroatoms. The van der Waals surface area contributed by atoms with Crippen LogP contribution >= 0.6 is 0 Å². The van der Waals surface area contributed by atoms with Crippen molar-refractivity contribution in [3.63, 3.8) is 0 Å². The first-order valence-corrected chi connectivity index (χ1v) is 9.47. The van der Waals surface area contributed by atoms with Crippen LogP contribution in [0.5, 0.6) is 11.5 Å². The highest BCUT2D eigenvalue weighted by Crippen LogP contribution is 2.61. The first kappa shape index (κ1) is 15.4. The summed E-state index contributed by atoms with van der Waals surface area (Å²) in [6, 6.07) is 0. The highest BCUT2D eigenvalue weighted by Gasteiger charge is 2.45. The summed E-state index contributed by atoms with van der Waals surface area (Å²) in [6.45, 7) is 8.93. The lowest BCUT2D eigenvalue weighted by molar-refractivity contribution is 0.0821. The van der Waals surface area contributed by atoms with Crippen molar-refractivity contribution in [3.05, 3.63) is 22.3 Å².